The van der Waals surface area contributed by atoms with Crippen molar-refractivity contribution in [1.29, 1.82) is 0 Å². The van der Waals surface area contributed by atoms with Gasteiger partial charge >= 0.3 is 0 Å². The Balaban J connectivity index is 1.45. The average Bonchev–Trinajstić information content (AvgIpc) is 3.65. The summed E-state index contributed by atoms with van der Waals surface area (Å²) in [4.78, 5) is 23.0. The first-order valence-corrected chi connectivity index (χ1v) is 15.9. The predicted octanol–water partition coefficient (Wildman–Crippen LogP) is 3.88. The van der Waals surface area contributed by atoms with E-state index in [9.17, 15) is 13.2 Å². The Hall–Kier alpha value is -2.48. The number of sulfonamides is 1. The summed E-state index contributed by atoms with van der Waals surface area (Å²) in [6.45, 7) is 4.53. The van der Waals surface area contributed by atoms with Gasteiger partial charge in [-0.1, -0.05) is 22.9 Å². The van der Waals surface area contributed by atoms with E-state index in [-0.39, 0.29) is 17.3 Å². The number of methoxy groups -OCH3 is 2. The number of ether oxygens (including phenoxy) is 3. The zero-order valence-corrected chi connectivity index (χ0v) is 24.9. The highest BCUT2D eigenvalue weighted by Gasteiger charge is 2.42. The van der Waals surface area contributed by atoms with Crippen LogP contribution in [0.25, 0.3) is 10.2 Å². The van der Waals surface area contributed by atoms with Crippen LogP contribution in [0.1, 0.15) is 19.3 Å². The molecule has 3 aromatic rings. The Kier molecular flexibility index (Phi) is 9.13. The molecule has 0 aliphatic carbocycles. The summed E-state index contributed by atoms with van der Waals surface area (Å²) in [5, 5.41) is 0.993. The Morgan fingerprint density at radius 3 is 2.58 bits per heavy atom. The molecule has 1 atom stereocenters. The van der Waals surface area contributed by atoms with Crippen LogP contribution in [0.5, 0.6) is 11.5 Å². The van der Waals surface area contributed by atoms with Gasteiger partial charge < -0.3 is 14.2 Å². The van der Waals surface area contributed by atoms with Gasteiger partial charge in [0.2, 0.25) is 15.9 Å². The van der Waals surface area contributed by atoms with Gasteiger partial charge in [0.05, 0.1) is 42.1 Å². The molecule has 216 valence electrons. The number of fused-ring (bicyclic) bond motifs is 1. The molecule has 2 aliphatic rings. The minimum atomic E-state index is -3.90. The van der Waals surface area contributed by atoms with Crippen LogP contribution >= 0.6 is 22.9 Å². The van der Waals surface area contributed by atoms with Crippen LogP contribution in [0.3, 0.4) is 0 Å². The molecule has 1 aromatic heterocycles. The van der Waals surface area contributed by atoms with Gasteiger partial charge in [-0.15, -0.1) is 0 Å². The normalized spacial score (nSPS) is 18.7. The average molecular weight is 609 g/mol. The Morgan fingerprint density at radius 1 is 1.12 bits per heavy atom. The number of anilines is 1. The Bertz CT molecular complexity index is 1440. The highest BCUT2D eigenvalue weighted by molar-refractivity contribution is 7.89. The number of carbonyl (C=O) groups excluding carboxylic acids is 1. The van der Waals surface area contributed by atoms with Gasteiger partial charge in [0.25, 0.3) is 0 Å². The standard InChI is InChI=1S/C27H33ClN4O6S2/c1-36-19-6-8-20(9-7-19)40(34,35)32-14-3-5-22(32)26(33)31(13-4-12-30-15-17-38-18-16-30)27-29-24-23(37-2)11-10-21(28)25(24)39-27/h6-11,22H,3-5,12-18H2,1-2H3. The van der Waals surface area contributed by atoms with Gasteiger partial charge in [-0.05, 0) is 55.7 Å². The summed E-state index contributed by atoms with van der Waals surface area (Å²) >= 11 is 7.80. The topological polar surface area (TPSA) is 102 Å². The molecule has 2 aliphatic heterocycles. The summed E-state index contributed by atoms with van der Waals surface area (Å²) in [7, 11) is -0.815. The van der Waals surface area contributed by atoms with E-state index in [4.69, 9.17) is 30.8 Å². The van der Waals surface area contributed by atoms with Crippen molar-refractivity contribution >= 4 is 54.2 Å². The van der Waals surface area contributed by atoms with Crippen molar-refractivity contribution < 1.29 is 27.4 Å². The third kappa shape index (κ3) is 5.93. The molecule has 1 amide bonds. The maximum absolute atomic E-state index is 14.2. The van der Waals surface area contributed by atoms with Crippen LogP contribution in [-0.2, 0) is 19.6 Å². The lowest BCUT2D eigenvalue weighted by atomic mass is 10.2. The lowest BCUT2D eigenvalue weighted by molar-refractivity contribution is -0.121. The van der Waals surface area contributed by atoms with E-state index in [0.29, 0.717) is 66.2 Å². The number of rotatable bonds is 10. The third-order valence-corrected chi connectivity index (χ3v) is 10.7. The van der Waals surface area contributed by atoms with Crippen LogP contribution in [-0.4, -0.2) is 94.7 Å². The minimum absolute atomic E-state index is 0.128. The summed E-state index contributed by atoms with van der Waals surface area (Å²) in [5.41, 5.74) is 0.579. The number of amides is 1. The number of hydrogen-bond donors (Lipinski definition) is 0. The number of halogens is 1. The first-order chi connectivity index (χ1) is 19.3. The van der Waals surface area contributed by atoms with Gasteiger partial charge in [-0.2, -0.15) is 4.31 Å². The first kappa shape index (κ1) is 29.0. The quantitative estimate of drug-likeness (QED) is 0.342. The number of aromatic nitrogens is 1. The third-order valence-electron chi connectivity index (χ3n) is 7.28. The molecule has 2 aromatic carbocycles. The fourth-order valence-corrected chi connectivity index (χ4v) is 8.07. The number of benzene rings is 2. The second-order valence-corrected chi connectivity index (χ2v) is 12.9. The zero-order chi connectivity index (χ0) is 28.3. The Morgan fingerprint density at radius 2 is 1.88 bits per heavy atom. The van der Waals surface area contributed by atoms with Crippen molar-refractivity contribution in [2.75, 3.05) is 65.1 Å². The SMILES string of the molecule is COc1ccc(S(=O)(=O)N2CCCC2C(=O)N(CCCN2CCOCC2)c2nc3c(OC)ccc(Cl)c3s2)cc1. The second-order valence-electron chi connectivity index (χ2n) is 9.67. The fourth-order valence-electron chi connectivity index (χ4n) is 5.14. The molecule has 3 heterocycles. The molecule has 10 nitrogen and oxygen atoms in total. The van der Waals surface area contributed by atoms with Gasteiger partial charge in [0.1, 0.15) is 23.1 Å². The van der Waals surface area contributed by atoms with E-state index in [2.05, 4.69) is 4.90 Å². The maximum Gasteiger partial charge on any atom is 0.247 e. The predicted molar refractivity (Wildman–Crippen MR) is 155 cm³/mol. The van der Waals surface area contributed by atoms with Crippen molar-refractivity contribution in [3.63, 3.8) is 0 Å². The summed E-state index contributed by atoms with van der Waals surface area (Å²) in [6, 6.07) is 8.89. The van der Waals surface area contributed by atoms with E-state index in [1.54, 1.807) is 36.3 Å². The van der Waals surface area contributed by atoms with Gasteiger partial charge in [0, 0.05) is 32.7 Å². The molecular weight excluding hydrogens is 576 g/mol. The van der Waals surface area contributed by atoms with Gasteiger partial charge in [-0.25, -0.2) is 13.4 Å². The molecule has 0 N–H and O–H groups in total. The largest absolute Gasteiger partial charge is 0.497 e. The molecule has 0 radical (unpaired) electrons. The highest BCUT2D eigenvalue weighted by Crippen LogP contribution is 2.39. The van der Waals surface area contributed by atoms with Crippen molar-refractivity contribution in [2.45, 2.75) is 30.2 Å². The van der Waals surface area contributed by atoms with Crippen molar-refractivity contribution in [1.82, 2.24) is 14.2 Å². The molecule has 13 heteroatoms. The summed E-state index contributed by atoms with van der Waals surface area (Å²) in [5.74, 6) is 0.835. The molecule has 2 fully saturated rings. The number of thiazole rings is 1. The molecule has 0 bridgehead atoms. The second kappa shape index (κ2) is 12.6. The van der Waals surface area contributed by atoms with E-state index in [1.165, 1.54) is 34.9 Å². The van der Waals surface area contributed by atoms with Crippen LogP contribution in [0.15, 0.2) is 41.3 Å². The number of morpholine rings is 1. The molecular formula is C27H33ClN4O6S2. The van der Waals surface area contributed by atoms with E-state index in [0.717, 1.165) is 24.3 Å². The molecule has 40 heavy (non-hydrogen) atoms. The summed E-state index contributed by atoms with van der Waals surface area (Å²) < 4.78 is 45.5. The molecule has 5 rings (SSSR count). The monoisotopic (exact) mass is 608 g/mol. The zero-order valence-electron chi connectivity index (χ0n) is 22.5. The number of hydrogen-bond acceptors (Lipinski definition) is 9. The summed E-state index contributed by atoms with van der Waals surface area (Å²) in [6.07, 6.45) is 1.72. The highest BCUT2D eigenvalue weighted by atomic mass is 35.5. The lowest BCUT2D eigenvalue weighted by Crippen LogP contribution is -2.48. The van der Waals surface area contributed by atoms with Crippen molar-refractivity contribution in [3.8, 4) is 11.5 Å². The molecule has 2 saturated heterocycles. The van der Waals surface area contributed by atoms with Crippen molar-refractivity contribution in [2.24, 2.45) is 0 Å². The molecule has 1 unspecified atom stereocenters. The Labute approximate surface area is 243 Å². The van der Waals surface area contributed by atoms with Crippen LogP contribution in [0.4, 0.5) is 5.13 Å². The van der Waals surface area contributed by atoms with E-state index < -0.39 is 16.1 Å². The van der Waals surface area contributed by atoms with Gasteiger partial charge in [0.15, 0.2) is 5.13 Å². The lowest BCUT2D eigenvalue weighted by Gasteiger charge is -2.30. The fraction of sp³-hybridized carbons (Fsp3) is 0.481. The van der Waals surface area contributed by atoms with Crippen LogP contribution < -0.4 is 14.4 Å². The first-order valence-electron chi connectivity index (χ1n) is 13.2. The van der Waals surface area contributed by atoms with Crippen LogP contribution in [0.2, 0.25) is 5.02 Å². The smallest absolute Gasteiger partial charge is 0.247 e. The van der Waals surface area contributed by atoms with Crippen molar-refractivity contribution in [3.05, 3.63) is 41.4 Å². The minimum Gasteiger partial charge on any atom is -0.497 e. The maximum atomic E-state index is 14.2. The van der Waals surface area contributed by atoms with E-state index in [1.807, 2.05) is 0 Å². The van der Waals surface area contributed by atoms with E-state index >= 15 is 0 Å². The molecule has 0 saturated carbocycles. The molecule has 0 spiro atoms. The van der Waals surface area contributed by atoms with Crippen LogP contribution in [0, 0.1) is 0 Å². The number of nitrogens with zero attached hydrogens (tertiary/aromatic N) is 4. The van der Waals surface area contributed by atoms with Gasteiger partial charge in [-0.3, -0.25) is 14.6 Å². The number of carbonyl (C=O) groups is 1.